The smallest absolute Gasteiger partial charge is 0.242 e. The number of hydrogen-bond acceptors (Lipinski definition) is 3. The van der Waals surface area contributed by atoms with Crippen molar-refractivity contribution >= 4 is 11.6 Å². The molecule has 0 saturated heterocycles. The number of anilines is 1. The maximum Gasteiger partial charge on any atom is 0.242 e. The summed E-state index contributed by atoms with van der Waals surface area (Å²) in [6.45, 7) is 8.50. The van der Waals surface area contributed by atoms with Crippen LogP contribution in [0.4, 0.5) is 5.69 Å². The summed E-state index contributed by atoms with van der Waals surface area (Å²) in [5.74, 6) is 0.365. The predicted molar refractivity (Wildman–Crippen MR) is 76.8 cm³/mol. The van der Waals surface area contributed by atoms with E-state index < -0.39 is 0 Å². The molecule has 0 bridgehead atoms. The van der Waals surface area contributed by atoms with Gasteiger partial charge >= 0.3 is 0 Å². The Balaban J connectivity index is 2.71. The summed E-state index contributed by atoms with van der Waals surface area (Å²) in [5, 5.41) is 15.0. The SMILES string of the molecule is Cc1ccc(C#N)c(NC(C)C(=O)NCC(C)C)c1. The third-order valence-electron chi connectivity index (χ3n) is 2.75. The minimum absolute atomic E-state index is 0.0564. The number of aryl methyl sites for hydroxylation is 1. The molecular weight excluding hydrogens is 238 g/mol. The number of carbonyl (C=O) groups is 1. The first-order chi connectivity index (χ1) is 8.93. The molecule has 102 valence electrons. The molecule has 0 aromatic heterocycles. The number of nitriles is 1. The van der Waals surface area contributed by atoms with Crippen molar-refractivity contribution in [3.8, 4) is 6.07 Å². The molecule has 0 fully saturated rings. The Kier molecular flexibility index (Phi) is 5.37. The molecule has 1 atom stereocenters. The predicted octanol–water partition coefficient (Wildman–Crippen LogP) is 2.44. The quantitative estimate of drug-likeness (QED) is 0.853. The molecule has 0 aliphatic carbocycles. The average molecular weight is 259 g/mol. The maximum atomic E-state index is 11.9. The molecule has 0 aliphatic heterocycles. The highest BCUT2D eigenvalue weighted by Crippen LogP contribution is 2.17. The van der Waals surface area contributed by atoms with Gasteiger partial charge in [-0.1, -0.05) is 19.9 Å². The maximum absolute atomic E-state index is 11.9. The summed E-state index contributed by atoms with van der Waals surface area (Å²) < 4.78 is 0. The van der Waals surface area contributed by atoms with Crippen LogP contribution in [0.15, 0.2) is 18.2 Å². The van der Waals surface area contributed by atoms with E-state index in [1.54, 1.807) is 13.0 Å². The van der Waals surface area contributed by atoms with Gasteiger partial charge in [-0.15, -0.1) is 0 Å². The molecule has 4 heteroatoms. The molecule has 0 spiro atoms. The molecule has 0 aliphatic rings. The van der Waals surface area contributed by atoms with Gasteiger partial charge in [0.15, 0.2) is 0 Å². The Morgan fingerprint density at radius 2 is 2.05 bits per heavy atom. The van der Waals surface area contributed by atoms with E-state index in [1.165, 1.54) is 0 Å². The number of hydrogen-bond donors (Lipinski definition) is 2. The molecule has 1 aromatic carbocycles. The molecule has 4 nitrogen and oxygen atoms in total. The van der Waals surface area contributed by atoms with E-state index in [2.05, 4.69) is 16.7 Å². The van der Waals surface area contributed by atoms with Crippen molar-refractivity contribution in [3.63, 3.8) is 0 Å². The third kappa shape index (κ3) is 4.63. The highest BCUT2D eigenvalue weighted by Gasteiger charge is 2.14. The minimum Gasteiger partial charge on any atom is -0.373 e. The fourth-order valence-electron chi connectivity index (χ4n) is 1.63. The lowest BCUT2D eigenvalue weighted by molar-refractivity contribution is -0.121. The fraction of sp³-hybridized carbons (Fsp3) is 0.467. The Bertz CT molecular complexity index is 489. The Morgan fingerprint density at radius 1 is 1.37 bits per heavy atom. The standard InChI is InChI=1S/C15H21N3O/c1-10(2)9-17-15(19)12(4)18-14-7-11(3)5-6-13(14)8-16/h5-7,10,12,18H,9H2,1-4H3,(H,17,19). The van der Waals surface area contributed by atoms with Crippen molar-refractivity contribution in [1.82, 2.24) is 5.32 Å². The van der Waals surface area contributed by atoms with Crippen LogP contribution in [-0.2, 0) is 4.79 Å². The number of rotatable bonds is 5. The first kappa shape index (κ1) is 15.0. The summed E-state index contributed by atoms with van der Waals surface area (Å²) in [7, 11) is 0. The minimum atomic E-state index is -0.368. The Morgan fingerprint density at radius 3 is 2.63 bits per heavy atom. The second-order valence-corrected chi connectivity index (χ2v) is 5.17. The molecule has 0 radical (unpaired) electrons. The van der Waals surface area contributed by atoms with Gasteiger partial charge < -0.3 is 10.6 Å². The molecule has 1 aromatic rings. The molecule has 0 heterocycles. The molecular formula is C15H21N3O. The van der Waals surface area contributed by atoms with Crippen molar-refractivity contribution in [1.29, 1.82) is 5.26 Å². The van der Waals surface area contributed by atoms with Crippen molar-refractivity contribution in [3.05, 3.63) is 29.3 Å². The highest BCUT2D eigenvalue weighted by atomic mass is 16.2. The fourth-order valence-corrected chi connectivity index (χ4v) is 1.63. The van der Waals surface area contributed by atoms with Crippen LogP contribution in [0.1, 0.15) is 31.9 Å². The number of nitrogens with zero attached hydrogens (tertiary/aromatic N) is 1. The molecule has 1 rings (SSSR count). The van der Waals surface area contributed by atoms with Gasteiger partial charge in [-0.05, 0) is 37.5 Å². The molecule has 19 heavy (non-hydrogen) atoms. The second kappa shape index (κ2) is 6.79. The van der Waals surface area contributed by atoms with E-state index in [-0.39, 0.29) is 11.9 Å². The largest absolute Gasteiger partial charge is 0.373 e. The van der Waals surface area contributed by atoms with Crippen molar-refractivity contribution < 1.29 is 4.79 Å². The van der Waals surface area contributed by atoms with Crippen molar-refractivity contribution in [2.45, 2.75) is 33.7 Å². The van der Waals surface area contributed by atoms with Crippen LogP contribution >= 0.6 is 0 Å². The summed E-state index contributed by atoms with van der Waals surface area (Å²) >= 11 is 0. The zero-order valence-corrected chi connectivity index (χ0v) is 11.9. The van der Waals surface area contributed by atoms with Gasteiger partial charge in [0.05, 0.1) is 11.3 Å². The molecule has 1 unspecified atom stereocenters. The van der Waals surface area contributed by atoms with Crippen LogP contribution in [0.2, 0.25) is 0 Å². The van der Waals surface area contributed by atoms with E-state index in [4.69, 9.17) is 5.26 Å². The zero-order chi connectivity index (χ0) is 14.4. The van der Waals surface area contributed by atoms with Gasteiger partial charge in [-0.2, -0.15) is 5.26 Å². The first-order valence-electron chi connectivity index (χ1n) is 6.49. The normalized spacial score (nSPS) is 11.8. The summed E-state index contributed by atoms with van der Waals surface area (Å²) in [6.07, 6.45) is 0. The van der Waals surface area contributed by atoms with Gasteiger partial charge in [-0.25, -0.2) is 0 Å². The summed E-state index contributed by atoms with van der Waals surface area (Å²) in [5.41, 5.74) is 2.31. The summed E-state index contributed by atoms with van der Waals surface area (Å²) in [4.78, 5) is 11.9. The van der Waals surface area contributed by atoms with E-state index in [0.29, 0.717) is 23.7 Å². The second-order valence-electron chi connectivity index (χ2n) is 5.17. The van der Waals surface area contributed by atoms with Gasteiger partial charge in [-0.3, -0.25) is 4.79 Å². The number of carbonyl (C=O) groups excluding carboxylic acids is 1. The lowest BCUT2D eigenvalue weighted by Crippen LogP contribution is -2.39. The van der Waals surface area contributed by atoms with E-state index in [9.17, 15) is 4.79 Å². The zero-order valence-electron chi connectivity index (χ0n) is 11.9. The molecule has 0 saturated carbocycles. The lowest BCUT2D eigenvalue weighted by Gasteiger charge is -2.17. The van der Waals surface area contributed by atoms with E-state index in [1.807, 2.05) is 32.9 Å². The van der Waals surface area contributed by atoms with Crippen LogP contribution < -0.4 is 10.6 Å². The number of amides is 1. The first-order valence-corrected chi connectivity index (χ1v) is 6.49. The topological polar surface area (TPSA) is 64.9 Å². The molecule has 1 amide bonds. The lowest BCUT2D eigenvalue weighted by atomic mass is 10.1. The van der Waals surface area contributed by atoms with Gasteiger partial charge in [0, 0.05) is 6.54 Å². The Hall–Kier alpha value is -2.02. The van der Waals surface area contributed by atoms with Crippen molar-refractivity contribution in [2.75, 3.05) is 11.9 Å². The van der Waals surface area contributed by atoms with Crippen molar-refractivity contribution in [2.24, 2.45) is 5.92 Å². The van der Waals surface area contributed by atoms with E-state index in [0.717, 1.165) is 5.56 Å². The van der Waals surface area contributed by atoms with Gasteiger partial charge in [0.1, 0.15) is 12.1 Å². The van der Waals surface area contributed by atoms with Gasteiger partial charge in [0.2, 0.25) is 5.91 Å². The number of benzene rings is 1. The van der Waals surface area contributed by atoms with Crippen LogP contribution in [0, 0.1) is 24.2 Å². The van der Waals surface area contributed by atoms with Crippen LogP contribution in [-0.4, -0.2) is 18.5 Å². The highest BCUT2D eigenvalue weighted by molar-refractivity contribution is 5.84. The summed E-state index contributed by atoms with van der Waals surface area (Å²) in [6, 6.07) is 7.28. The monoisotopic (exact) mass is 259 g/mol. The third-order valence-corrected chi connectivity index (χ3v) is 2.75. The van der Waals surface area contributed by atoms with Gasteiger partial charge in [0.25, 0.3) is 0 Å². The van der Waals surface area contributed by atoms with E-state index >= 15 is 0 Å². The van der Waals surface area contributed by atoms with Crippen LogP contribution in [0.25, 0.3) is 0 Å². The Labute approximate surface area is 114 Å². The van der Waals surface area contributed by atoms with Crippen LogP contribution in [0.3, 0.4) is 0 Å². The average Bonchev–Trinajstić information content (AvgIpc) is 2.36. The van der Waals surface area contributed by atoms with Crippen LogP contribution in [0.5, 0.6) is 0 Å². The number of nitrogens with one attached hydrogen (secondary N) is 2. The molecule has 2 N–H and O–H groups in total.